The number of rotatable bonds is 7. The molecule has 0 bridgehead atoms. The van der Waals surface area contributed by atoms with E-state index in [-0.39, 0.29) is 18.1 Å². The maximum atomic E-state index is 9.21. The lowest BCUT2D eigenvalue weighted by atomic mass is 9.64. The van der Waals surface area contributed by atoms with Crippen LogP contribution in [0.4, 0.5) is 0 Å². The minimum atomic E-state index is 0.178. The van der Waals surface area contributed by atoms with E-state index < -0.39 is 0 Å². The molecule has 3 nitrogen and oxygen atoms in total. The van der Waals surface area contributed by atoms with E-state index in [0.717, 1.165) is 19.4 Å². The van der Waals surface area contributed by atoms with Crippen molar-refractivity contribution in [3.8, 4) is 0 Å². The van der Waals surface area contributed by atoms with E-state index in [1.54, 1.807) is 0 Å². The van der Waals surface area contributed by atoms with Crippen LogP contribution in [0.25, 0.3) is 0 Å². The molecule has 3 heteroatoms. The van der Waals surface area contributed by atoms with Gasteiger partial charge in [0, 0.05) is 24.1 Å². The van der Waals surface area contributed by atoms with Crippen molar-refractivity contribution < 1.29 is 9.84 Å². The van der Waals surface area contributed by atoms with Crippen LogP contribution in [0.15, 0.2) is 0 Å². The Morgan fingerprint density at radius 1 is 1.41 bits per heavy atom. The normalized spacial score (nSPS) is 29.1. The van der Waals surface area contributed by atoms with E-state index >= 15 is 0 Å². The second kappa shape index (κ2) is 6.17. The molecule has 1 saturated carbocycles. The molecule has 0 aromatic heterocycles. The largest absolute Gasteiger partial charge is 0.395 e. The smallest absolute Gasteiger partial charge is 0.0656 e. The van der Waals surface area contributed by atoms with Crippen molar-refractivity contribution in [2.45, 2.75) is 65.6 Å². The first-order chi connectivity index (χ1) is 7.91. The summed E-state index contributed by atoms with van der Waals surface area (Å²) in [4.78, 5) is 0. The first kappa shape index (κ1) is 14.9. The number of hydrogen-bond donors (Lipinski definition) is 2. The SMILES string of the molecule is CC[C@H](CO)NC1CC(OCC(C)C)C1(C)C. The zero-order chi connectivity index (χ0) is 13.1. The molecule has 17 heavy (non-hydrogen) atoms. The van der Waals surface area contributed by atoms with Gasteiger partial charge in [0.25, 0.3) is 0 Å². The van der Waals surface area contributed by atoms with E-state index in [1.165, 1.54) is 0 Å². The summed E-state index contributed by atoms with van der Waals surface area (Å²) in [5.74, 6) is 0.596. The number of nitrogens with one attached hydrogen (secondary N) is 1. The molecular formula is C14H29NO2. The van der Waals surface area contributed by atoms with E-state index in [4.69, 9.17) is 4.74 Å². The summed E-state index contributed by atoms with van der Waals surface area (Å²) in [7, 11) is 0. The van der Waals surface area contributed by atoms with Gasteiger partial charge in [0.15, 0.2) is 0 Å². The predicted molar refractivity (Wildman–Crippen MR) is 71.1 cm³/mol. The van der Waals surface area contributed by atoms with E-state index in [0.29, 0.717) is 18.1 Å². The summed E-state index contributed by atoms with van der Waals surface area (Å²) in [5.41, 5.74) is 0.178. The Bertz CT molecular complexity index is 224. The van der Waals surface area contributed by atoms with Gasteiger partial charge >= 0.3 is 0 Å². The van der Waals surface area contributed by atoms with E-state index in [9.17, 15) is 5.11 Å². The lowest BCUT2D eigenvalue weighted by molar-refractivity contribution is -0.126. The van der Waals surface area contributed by atoms with Gasteiger partial charge in [-0.2, -0.15) is 0 Å². The quantitative estimate of drug-likeness (QED) is 0.720. The average molecular weight is 243 g/mol. The highest BCUT2D eigenvalue weighted by molar-refractivity contribution is 5.03. The summed E-state index contributed by atoms with van der Waals surface area (Å²) < 4.78 is 5.93. The van der Waals surface area contributed by atoms with Crippen LogP contribution in [0.3, 0.4) is 0 Å². The highest BCUT2D eigenvalue weighted by Crippen LogP contribution is 2.43. The Morgan fingerprint density at radius 3 is 2.47 bits per heavy atom. The van der Waals surface area contributed by atoms with Crippen LogP contribution in [0, 0.1) is 11.3 Å². The van der Waals surface area contributed by atoms with Crippen molar-refractivity contribution in [1.82, 2.24) is 5.32 Å². The molecule has 0 heterocycles. The van der Waals surface area contributed by atoms with Crippen molar-refractivity contribution in [2.24, 2.45) is 11.3 Å². The number of aliphatic hydroxyl groups excluding tert-OH is 1. The molecule has 0 aliphatic heterocycles. The Labute approximate surface area is 106 Å². The monoisotopic (exact) mass is 243 g/mol. The van der Waals surface area contributed by atoms with Crippen LogP contribution >= 0.6 is 0 Å². The minimum absolute atomic E-state index is 0.178. The minimum Gasteiger partial charge on any atom is -0.395 e. The van der Waals surface area contributed by atoms with Gasteiger partial charge in [0.2, 0.25) is 0 Å². The van der Waals surface area contributed by atoms with E-state index in [2.05, 4.69) is 39.9 Å². The molecule has 2 N–H and O–H groups in total. The fourth-order valence-corrected chi connectivity index (χ4v) is 2.34. The lowest BCUT2D eigenvalue weighted by Crippen LogP contribution is -2.63. The van der Waals surface area contributed by atoms with Gasteiger partial charge in [-0.3, -0.25) is 0 Å². The summed E-state index contributed by atoms with van der Waals surface area (Å²) in [6.07, 6.45) is 2.40. The molecule has 0 aromatic rings. The molecule has 0 spiro atoms. The van der Waals surface area contributed by atoms with Crippen molar-refractivity contribution in [1.29, 1.82) is 0 Å². The van der Waals surface area contributed by atoms with Crippen LogP contribution < -0.4 is 5.32 Å². The Kier molecular flexibility index (Phi) is 5.42. The third kappa shape index (κ3) is 3.67. The fourth-order valence-electron chi connectivity index (χ4n) is 2.34. The first-order valence-electron chi connectivity index (χ1n) is 6.90. The third-order valence-electron chi connectivity index (χ3n) is 3.96. The molecule has 0 amide bonds. The third-order valence-corrected chi connectivity index (χ3v) is 3.96. The highest BCUT2D eigenvalue weighted by Gasteiger charge is 2.49. The zero-order valence-corrected chi connectivity index (χ0v) is 12.0. The Morgan fingerprint density at radius 2 is 2.06 bits per heavy atom. The summed E-state index contributed by atoms with van der Waals surface area (Å²) in [6.45, 7) is 12.0. The van der Waals surface area contributed by atoms with Gasteiger partial charge in [-0.25, -0.2) is 0 Å². The lowest BCUT2D eigenvalue weighted by Gasteiger charge is -2.53. The number of hydrogen-bond acceptors (Lipinski definition) is 3. The van der Waals surface area contributed by atoms with Gasteiger partial charge in [-0.1, -0.05) is 34.6 Å². The van der Waals surface area contributed by atoms with Crippen LogP contribution in [0.2, 0.25) is 0 Å². The van der Waals surface area contributed by atoms with Gasteiger partial charge in [0.05, 0.1) is 12.7 Å². The Hall–Kier alpha value is -0.120. The molecule has 3 atom stereocenters. The van der Waals surface area contributed by atoms with Crippen molar-refractivity contribution in [2.75, 3.05) is 13.2 Å². The topological polar surface area (TPSA) is 41.5 Å². The average Bonchev–Trinajstić information content (AvgIpc) is 2.27. The number of aliphatic hydroxyl groups is 1. The molecule has 1 aliphatic carbocycles. The second-order valence-corrected chi connectivity index (χ2v) is 6.28. The standard InChI is InChI=1S/C14H29NO2/c1-6-11(8-16)15-12-7-13(14(12,4)5)17-9-10(2)3/h10-13,15-16H,6-9H2,1-5H3/t11-,12?,13?/m1/s1. The second-order valence-electron chi connectivity index (χ2n) is 6.28. The van der Waals surface area contributed by atoms with Gasteiger partial charge in [-0.05, 0) is 18.8 Å². The van der Waals surface area contributed by atoms with Crippen LogP contribution in [-0.4, -0.2) is 36.5 Å². The van der Waals surface area contributed by atoms with Crippen LogP contribution in [0.5, 0.6) is 0 Å². The van der Waals surface area contributed by atoms with Gasteiger partial charge in [0.1, 0.15) is 0 Å². The van der Waals surface area contributed by atoms with Crippen molar-refractivity contribution >= 4 is 0 Å². The maximum Gasteiger partial charge on any atom is 0.0656 e. The Balaban J connectivity index is 2.38. The summed E-state index contributed by atoms with van der Waals surface area (Å²) in [6, 6.07) is 0.696. The summed E-state index contributed by atoms with van der Waals surface area (Å²) >= 11 is 0. The predicted octanol–water partition coefficient (Wildman–Crippen LogP) is 2.19. The molecule has 102 valence electrons. The zero-order valence-electron chi connectivity index (χ0n) is 12.0. The molecule has 1 fully saturated rings. The molecular weight excluding hydrogens is 214 g/mol. The molecule has 1 aliphatic rings. The van der Waals surface area contributed by atoms with Crippen LogP contribution in [0.1, 0.15) is 47.5 Å². The van der Waals surface area contributed by atoms with Crippen molar-refractivity contribution in [3.63, 3.8) is 0 Å². The molecule has 0 aromatic carbocycles. The summed E-state index contributed by atoms with van der Waals surface area (Å²) in [5, 5.41) is 12.7. The molecule has 0 radical (unpaired) electrons. The fraction of sp³-hybridized carbons (Fsp3) is 1.00. The molecule has 0 saturated heterocycles. The maximum absolute atomic E-state index is 9.21. The van der Waals surface area contributed by atoms with Gasteiger partial charge < -0.3 is 15.2 Å². The molecule has 2 unspecified atom stereocenters. The van der Waals surface area contributed by atoms with Gasteiger partial charge in [-0.15, -0.1) is 0 Å². The van der Waals surface area contributed by atoms with Crippen molar-refractivity contribution in [3.05, 3.63) is 0 Å². The molecule has 1 rings (SSSR count). The highest BCUT2D eigenvalue weighted by atomic mass is 16.5. The first-order valence-corrected chi connectivity index (χ1v) is 6.90. The number of ether oxygens (including phenoxy) is 1. The van der Waals surface area contributed by atoms with E-state index in [1.807, 2.05) is 0 Å². The van der Waals surface area contributed by atoms with Crippen LogP contribution in [-0.2, 0) is 4.74 Å².